The fraction of sp³-hybridized carbons (Fsp3) is 0.364. The Morgan fingerprint density at radius 3 is 2.82 bits per heavy atom. The number of carbonyl (C=O) groups excluding carboxylic acids is 1. The summed E-state index contributed by atoms with van der Waals surface area (Å²) in [7, 11) is 1.83. The van der Waals surface area contributed by atoms with Crippen LogP contribution in [0.2, 0.25) is 10.0 Å². The first-order valence-corrected chi connectivity index (χ1v) is 5.92. The predicted octanol–water partition coefficient (Wildman–Crippen LogP) is 1.82. The average Bonchev–Trinajstić information content (AvgIpc) is 2.25. The van der Waals surface area contributed by atoms with Crippen molar-refractivity contribution >= 4 is 34.8 Å². The molecule has 0 fully saturated rings. The number of hydrogen-bond acceptors (Lipinski definition) is 3. The van der Waals surface area contributed by atoms with Crippen LogP contribution in [0.3, 0.4) is 0 Å². The number of rotatable bonds is 5. The molecule has 3 N–H and O–H groups in total. The molecule has 1 aromatic rings. The SMILES string of the molecule is CN(CCN)CC(=O)Nc1cccc(Cl)c1Cl. The Bertz CT molecular complexity index is 398. The smallest absolute Gasteiger partial charge is 0.238 e. The van der Waals surface area contributed by atoms with Gasteiger partial charge in [-0.2, -0.15) is 0 Å². The lowest BCUT2D eigenvalue weighted by Crippen LogP contribution is -2.33. The maximum Gasteiger partial charge on any atom is 0.238 e. The summed E-state index contributed by atoms with van der Waals surface area (Å²) >= 11 is 11.8. The number of nitrogens with zero attached hydrogens (tertiary/aromatic N) is 1. The lowest BCUT2D eigenvalue weighted by molar-refractivity contribution is -0.117. The number of nitrogens with one attached hydrogen (secondary N) is 1. The maximum absolute atomic E-state index is 11.7. The molecule has 6 heteroatoms. The van der Waals surface area contributed by atoms with E-state index < -0.39 is 0 Å². The van der Waals surface area contributed by atoms with E-state index in [1.807, 2.05) is 11.9 Å². The molecule has 0 aliphatic rings. The zero-order chi connectivity index (χ0) is 12.8. The lowest BCUT2D eigenvalue weighted by Gasteiger charge is -2.15. The van der Waals surface area contributed by atoms with Crippen LogP contribution in [0, 0.1) is 0 Å². The number of nitrogens with two attached hydrogens (primary N) is 1. The molecule has 0 saturated carbocycles. The highest BCUT2D eigenvalue weighted by Gasteiger charge is 2.09. The second-order valence-corrected chi connectivity index (χ2v) is 4.46. The number of carbonyl (C=O) groups is 1. The minimum absolute atomic E-state index is 0.148. The molecule has 0 radical (unpaired) electrons. The molecule has 0 atom stereocenters. The van der Waals surface area contributed by atoms with Crippen LogP contribution in [0.5, 0.6) is 0 Å². The molecule has 1 rings (SSSR count). The summed E-state index contributed by atoms with van der Waals surface area (Å²) in [4.78, 5) is 13.5. The Kier molecular flexibility index (Phi) is 5.71. The van der Waals surface area contributed by atoms with E-state index in [1.165, 1.54) is 0 Å². The second-order valence-electron chi connectivity index (χ2n) is 3.68. The minimum atomic E-state index is -0.148. The first-order chi connectivity index (χ1) is 8.04. The predicted molar refractivity (Wildman–Crippen MR) is 71.6 cm³/mol. The van der Waals surface area contributed by atoms with E-state index in [0.29, 0.717) is 28.8 Å². The number of halogens is 2. The number of anilines is 1. The highest BCUT2D eigenvalue weighted by Crippen LogP contribution is 2.29. The van der Waals surface area contributed by atoms with E-state index in [-0.39, 0.29) is 12.5 Å². The summed E-state index contributed by atoms with van der Waals surface area (Å²) in [6.45, 7) is 1.44. The van der Waals surface area contributed by atoms with Crippen molar-refractivity contribution in [3.8, 4) is 0 Å². The largest absolute Gasteiger partial charge is 0.329 e. The zero-order valence-corrected chi connectivity index (χ0v) is 11.1. The van der Waals surface area contributed by atoms with Crippen molar-refractivity contribution < 1.29 is 4.79 Å². The molecule has 1 aromatic carbocycles. The van der Waals surface area contributed by atoms with Crippen molar-refractivity contribution in [3.63, 3.8) is 0 Å². The van der Waals surface area contributed by atoms with Crippen molar-refractivity contribution in [3.05, 3.63) is 28.2 Å². The summed E-state index contributed by atoms with van der Waals surface area (Å²) in [5.74, 6) is -0.148. The standard InChI is InChI=1S/C11H15Cl2N3O/c1-16(6-5-14)7-10(17)15-9-4-2-3-8(12)11(9)13/h2-4H,5-7,14H2,1H3,(H,15,17). The zero-order valence-electron chi connectivity index (χ0n) is 9.54. The van der Waals surface area contributed by atoms with Crippen molar-refractivity contribution in [1.29, 1.82) is 0 Å². The quantitative estimate of drug-likeness (QED) is 0.862. The van der Waals surface area contributed by atoms with E-state index in [4.69, 9.17) is 28.9 Å². The third-order valence-electron chi connectivity index (χ3n) is 2.15. The lowest BCUT2D eigenvalue weighted by atomic mass is 10.3. The Morgan fingerprint density at radius 1 is 1.47 bits per heavy atom. The monoisotopic (exact) mass is 275 g/mol. The Balaban J connectivity index is 2.59. The molecule has 0 aromatic heterocycles. The first kappa shape index (κ1) is 14.3. The van der Waals surface area contributed by atoms with Gasteiger partial charge in [0.05, 0.1) is 22.3 Å². The molecule has 0 unspecified atom stereocenters. The second kappa shape index (κ2) is 6.81. The van der Waals surface area contributed by atoms with Gasteiger partial charge >= 0.3 is 0 Å². The molecule has 0 aliphatic carbocycles. The number of hydrogen-bond donors (Lipinski definition) is 2. The maximum atomic E-state index is 11.7. The van der Waals surface area contributed by atoms with E-state index in [0.717, 1.165) is 0 Å². The van der Waals surface area contributed by atoms with Crippen molar-refractivity contribution in [2.45, 2.75) is 0 Å². The van der Waals surface area contributed by atoms with Gasteiger partial charge in [-0.05, 0) is 19.2 Å². The molecule has 4 nitrogen and oxygen atoms in total. The third kappa shape index (κ3) is 4.52. The molecule has 0 aliphatic heterocycles. The van der Waals surface area contributed by atoms with E-state index in [9.17, 15) is 4.79 Å². The highest BCUT2D eigenvalue weighted by atomic mass is 35.5. The van der Waals surface area contributed by atoms with Gasteiger partial charge in [-0.1, -0.05) is 29.3 Å². The molecule has 1 amide bonds. The van der Waals surface area contributed by atoms with E-state index in [1.54, 1.807) is 18.2 Å². The van der Waals surface area contributed by atoms with E-state index >= 15 is 0 Å². The number of amides is 1. The number of benzene rings is 1. The summed E-state index contributed by atoms with van der Waals surface area (Å²) in [6.07, 6.45) is 0. The molecule has 0 heterocycles. The van der Waals surface area contributed by atoms with Gasteiger partial charge in [0.2, 0.25) is 5.91 Å². The van der Waals surface area contributed by atoms with Crippen molar-refractivity contribution in [2.24, 2.45) is 5.73 Å². The fourth-order valence-electron chi connectivity index (χ4n) is 1.33. The van der Waals surface area contributed by atoms with Crippen LogP contribution < -0.4 is 11.1 Å². The molecule has 0 bridgehead atoms. The Morgan fingerprint density at radius 2 is 2.18 bits per heavy atom. The Labute approximate surface area is 111 Å². The fourth-order valence-corrected chi connectivity index (χ4v) is 1.68. The average molecular weight is 276 g/mol. The van der Waals surface area contributed by atoms with Gasteiger partial charge in [-0.15, -0.1) is 0 Å². The molecule has 17 heavy (non-hydrogen) atoms. The van der Waals surface area contributed by atoms with Gasteiger partial charge < -0.3 is 11.1 Å². The summed E-state index contributed by atoms with van der Waals surface area (Å²) < 4.78 is 0. The van der Waals surface area contributed by atoms with Gasteiger partial charge in [-0.3, -0.25) is 9.69 Å². The molecule has 94 valence electrons. The number of likely N-dealkylation sites (N-methyl/N-ethyl adjacent to an activating group) is 1. The van der Waals surface area contributed by atoms with Crippen LogP contribution in [-0.2, 0) is 4.79 Å². The van der Waals surface area contributed by atoms with Crippen LogP contribution in [0.1, 0.15) is 0 Å². The van der Waals surface area contributed by atoms with Gasteiger partial charge in [-0.25, -0.2) is 0 Å². The van der Waals surface area contributed by atoms with Crippen LogP contribution in [0.25, 0.3) is 0 Å². The van der Waals surface area contributed by atoms with Crippen LogP contribution in [0.4, 0.5) is 5.69 Å². The first-order valence-electron chi connectivity index (χ1n) is 5.17. The molecular formula is C11H15Cl2N3O. The summed E-state index contributed by atoms with van der Waals surface area (Å²) in [5.41, 5.74) is 5.91. The van der Waals surface area contributed by atoms with E-state index in [2.05, 4.69) is 5.32 Å². The van der Waals surface area contributed by atoms with Gasteiger partial charge in [0.15, 0.2) is 0 Å². The molecule has 0 saturated heterocycles. The van der Waals surface area contributed by atoms with Crippen LogP contribution in [-0.4, -0.2) is 37.5 Å². The normalized spacial score (nSPS) is 10.6. The van der Waals surface area contributed by atoms with Gasteiger partial charge in [0.25, 0.3) is 0 Å². The summed E-state index contributed by atoms with van der Waals surface area (Å²) in [5, 5.41) is 3.47. The van der Waals surface area contributed by atoms with Gasteiger partial charge in [0, 0.05) is 13.1 Å². The Hall–Kier alpha value is -0.810. The van der Waals surface area contributed by atoms with Crippen LogP contribution in [0.15, 0.2) is 18.2 Å². The molecule has 0 spiro atoms. The topological polar surface area (TPSA) is 58.4 Å². The third-order valence-corrected chi connectivity index (χ3v) is 2.97. The van der Waals surface area contributed by atoms with Crippen molar-refractivity contribution in [2.75, 3.05) is 32.0 Å². The minimum Gasteiger partial charge on any atom is -0.329 e. The van der Waals surface area contributed by atoms with Gasteiger partial charge in [0.1, 0.15) is 0 Å². The van der Waals surface area contributed by atoms with Crippen molar-refractivity contribution in [1.82, 2.24) is 4.90 Å². The van der Waals surface area contributed by atoms with Crippen LogP contribution >= 0.6 is 23.2 Å². The molecular weight excluding hydrogens is 261 g/mol. The highest BCUT2D eigenvalue weighted by molar-refractivity contribution is 6.43. The summed E-state index contributed by atoms with van der Waals surface area (Å²) in [6, 6.07) is 5.10.